The summed E-state index contributed by atoms with van der Waals surface area (Å²) in [4.78, 5) is 4.22. The Hall–Kier alpha value is -1.14. The van der Waals surface area contributed by atoms with Gasteiger partial charge < -0.3 is 9.88 Å². The van der Waals surface area contributed by atoms with Crippen LogP contribution in [0.4, 0.5) is 0 Å². The van der Waals surface area contributed by atoms with Gasteiger partial charge in [0, 0.05) is 30.9 Å². The van der Waals surface area contributed by atoms with Crippen molar-refractivity contribution < 1.29 is 8.42 Å². The highest BCUT2D eigenvalue weighted by Crippen LogP contribution is 2.14. The van der Waals surface area contributed by atoms with Gasteiger partial charge >= 0.3 is 0 Å². The van der Waals surface area contributed by atoms with E-state index in [1.807, 2.05) is 24.7 Å². The second-order valence-corrected chi connectivity index (χ2v) is 5.98. The molecular formula is C10H15N3O2S. The lowest BCUT2D eigenvalue weighted by Crippen LogP contribution is -2.33. The number of hydrogen-bond acceptors (Lipinski definition) is 4. The molecular weight excluding hydrogens is 226 g/mol. The number of hydrogen-bond donors (Lipinski definition) is 1. The minimum atomic E-state index is -2.99. The molecule has 1 aromatic heterocycles. The summed E-state index contributed by atoms with van der Waals surface area (Å²) in [5.41, 5.74) is 0. The second-order valence-electron chi connectivity index (χ2n) is 4.05. The van der Waals surface area contributed by atoms with E-state index in [-0.39, 0.29) is 17.8 Å². The molecule has 0 spiro atoms. The summed E-state index contributed by atoms with van der Waals surface area (Å²) >= 11 is 0. The average molecular weight is 241 g/mol. The second kappa shape index (κ2) is 4.03. The molecule has 0 radical (unpaired) electrons. The van der Waals surface area contributed by atoms with Crippen LogP contribution in [0.15, 0.2) is 23.9 Å². The van der Waals surface area contributed by atoms with E-state index < -0.39 is 9.84 Å². The average Bonchev–Trinajstić information content (AvgIpc) is 2.72. The normalized spacial score (nSPS) is 24.8. The standard InChI is InChI=1S/C10H15N3O2S/c1-8(10-11-4-5-13(10)2)12-9-3-6-16(14,15)7-9/h3-6,8-9,12H,7H2,1-2H3. The zero-order valence-corrected chi connectivity index (χ0v) is 10.1. The lowest BCUT2D eigenvalue weighted by Gasteiger charge is -2.17. The van der Waals surface area contributed by atoms with Crippen LogP contribution in [0.5, 0.6) is 0 Å². The van der Waals surface area contributed by atoms with Gasteiger partial charge in [-0.1, -0.05) is 6.08 Å². The molecule has 0 bridgehead atoms. The topological polar surface area (TPSA) is 64.0 Å². The van der Waals surface area contributed by atoms with E-state index >= 15 is 0 Å². The third-order valence-corrected chi connectivity index (χ3v) is 4.04. The molecule has 2 unspecified atom stereocenters. The number of imidazole rings is 1. The Labute approximate surface area is 95.1 Å². The summed E-state index contributed by atoms with van der Waals surface area (Å²) in [6.07, 6.45) is 5.29. The van der Waals surface area contributed by atoms with Gasteiger partial charge in [0.1, 0.15) is 5.82 Å². The van der Waals surface area contributed by atoms with Gasteiger partial charge in [0.15, 0.2) is 9.84 Å². The van der Waals surface area contributed by atoms with Crippen molar-refractivity contribution in [2.24, 2.45) is 7.05 Å². The van der Waals surface area contributed by atoms with E-state index in [4.69, 9.17) is 0 Å². The highest BCUT2D eigenvalue weighted by Gasteiger charge is 2.23. The van der Waals surface area contributed by atoms with Crippen molar-refractivity contribution in [3.05, 3.63) is 29.7 Å². The molecule has 0 saturated heterocycles. The van der Waals surface area contributed by atoms with E-state index in [0.29, 0.717) is 0 Å². The van der Waals surface area contributed by atoms with Gasteiger partial charge in [0.05, 0.1) is 11.8 Å². The maximum absolute atomic E-state index is 11.2. The molecule has 0 saturated carbocycles. The fourth-order valence-electron chi connectivity index (χ4n) is 1.87. The third-order valence-electron chi connectivity index (χ3n) is 2.64. The number of nitrogens with zero attached hydrogens (tertiary/aromatic N) is 2. The number of aromatic nitrogens is 2. The first-order chi connectivity index (χ1) is 7.48. The summed E-state index contributed by atoms with van der Waals surface area (Å²) in [6, 6.07) is -0.0837. The maximum Gasteiger partial charge on any atom is 0.173 e. The number of nitrogens with one attached hydrogen (secondary N) is 1. The Kier molecular flexibility index (Phi) is 2.86. The van der Waals surface area contributed by atoms with Crippen molar-refractivity contribution in [2.45, 2.75) is 19.0 Å². The quantitative estimate of drug-likeness (QED) is 0.831. The first-order valence-electron chi connectivity index (χ1n) is 5.12. The van der Waals surface area contributed by atoms with E-state index in [9.17, 15) is 8.42 Å². The summed E-state index contributed by atoms with van der Waals surface area (Å²) in [5.74, 6) is 1.04. The Balaban J connectivity index is 2.02. The van der Waals surface area contributed by atoms with Crippen LogP contribution in [-0.4, -0.2) is 29.8 Å². The van der Waals surface area contributed by atoms with Crippen LogP contribution in [0.2, 0.25) is 0 Å². The Morgan fingerprint density at radius 2 is 2.38 bits per heavy atom. The SMILES string of the molecule is CC(NC1C=CS(=O)(=O)C1)c1nccn1C. The van der Waals surface area contributed by atoms with Gasteiger partial charge in [-0.05, 0) is 6.92 Å². The predicted molar refractivity (Wildman–Crippen MR) is 61.5 cm³/mol. The Morgan fingerprint density at radius 3 is 2.88 bits per heavy atom. The van der Waals surface area contributed by atoms with Crippen molar-refractivity contribution in [1.29, 1.82) is 0 Å². The highest BCUT2D eigenvalue weighted by molar-refractivity contribution is 7.94. The highest BCUT2D eigenvalue weighted by atomic mass is 32.2. The number of rotatable bonds is 3. The number of sulfone groups is 1. The molecule has 1 aliphatic rings. The molecule has 1 aromatic rings. The lowest BCUT2D eigenvalue weighted by molar-refractivity contribution is 0.502. The fraction of sp³-hybridized carbons (Fsp3) is 0.500. The zero-order valence-electron chi connectivity index (χ0n) is 9.29. The zero-order chi connectivity index (χ0) is 11.8. The molecule has 2 heterocycles. The van der Waals surface area contributed by atoms with E-state index in [2.05, 4.69) is 10.3 Å². The van der Waals surface area contributed by atoms with Crippen LogP contribution in [0, 0.1) is 0 Å². The molecule has 0 amide bonds. The largest absolute Gasteiger partial charge is 0.337 e. The molecule has 16 heavy (non-hydrogen) atoms. The molecule has 6 heteroatoms. The van der Waals surface area contributed by atoms with Crippen LogP contribution in [0.25, 0.3) is 0 Å². The van der Waals surface area contributed by atoms with Crippen LogP contribution in [-0.2, 0) is 16.9 Å². The smallest absolute Gasteiger partial charge is 0.173 e. The summed E-state index contributed by atoms with van der Waals surface area (Å²) in [5, 5.41) is 4.50. The minimum Gasteiger partial charge on any atom is -0.337 e. The van der Waals surface area contributed by atoms with Crippen LogP contribution in [0.1, 0.15) is 18.8 Å². The molecule has 0 aliphatic carbocycles. The fourth-order valence-corrected chi connectivity index (χ4v) is 3.12. The van der Waals surface area contributed by atoms with E-state index in [0.717, 1.165) is 5.82 Å². The van der Waals surface area contributed by atoms with Crippen LogP contribution < -0.4 is 5.32 Å². The third kappa shape index (κ3) is 2.33. The van der Waals surface area contributed by atoms with Crippen molar-refractivity contribution in [3.63, 3.8) is 0 Å². The van der Waals surface area contributed by atoms with Gasteiger partial charge in [-0.15, -0.1) is 0 Å². The van der Waals surface area contributed by atoms with Gasteiger partial charge in [0.2, 0.25) is 0 Å². The minimum absolute atomic E-state index is 0.0305. The maximum atomic E-state index is 11.2. The van der Waals surface area contributed by atoms with E-state index in [1.165, 1.54) is 5.41 Å². The predicted octanol–water partition coefficient (Wildman–Crippen LogP) is 0.381. The lowest BCUT2D eigenvalue weighted by atomic mass is 10.2. The van der Waals surface area contributed by atoms with E-state index in [1.54, 1.807) is 12.3 Å². The Morgan fingerprint density at radius 1 is 1.62 bits per heavy atom. The molecule has 5 nitrogen and oxygen atoms in total. The molecule has 2 atom stereocenters. The molecule has 0 aromatic carbocycles. The Bertz CT molecular complexity index is 504. The van der Waals surface area contributed by atoms with Gasteiger partial charge in [-0.3, -0.25) is 0 Å². The molecule has 2 rings (SSSR count). The van der Waals surface area contributed by atoms with Crippen molar-refractivity contribution >= 4 is 9.84 Å². The summed E-state index contributed by atoms with van der Waals surface area (Å²) < 4.78 is 24.4. The first-order valence-corrected chi connectivity index (χ1v) is 6.84. The van der Waals surface area contributed by atoms with Crippen molar-refractivity contribution in [1.82, 2.24) is 14.9 Å². The van der Waals surface area contributed by atoms with Gasteiger partial charge in [0.25, 0.3) is 0 Å². The monoisotopic (exact) mass is 241 g/mol. The summed E-state index contributed by atoms with van der Waals surface area (Å²) in [7, 11) is -1.07. The molecule has 1 N–H and O–H groups in total. The molecule has 1 aliphatic heterocycles. The molecule has 88 valence electrons. The van der Waals surface area contributed by atoms with Gasteiger partial charge in [-0.2, -0.15) is 0 Å². The number of aryl methyl sites for hydroxylation is 1. The van der Waals surface area contributed by atoms with Crippen LogP contribution in [0.3, 0.4) is 0 Å². The van der Waals surface area contributed by atoms with Gasteiger partial charge in [-0.25, -0.2) is 13.4 Å². The van der Waals surface area contributed by atoms with Crippen molar-refractivity contribution in [3.8, 4) is 0 Å². The summed E-state index contributed by atoms with van der Waals surface area (Å²) in [6.45, 7) is 1.97. The first kappa shape index (κ1) is 11.3. The van der Waals surface area contributed by atoms with Crippen LogP contribution >= 0.6 is 0 Å². The van der Waals surface area contributed by atoms with Crippen molar-refractivity contribution in [2.75, 3.05) is 5.75 Å². The molecule has 0 fully saturated rings.